The number of hydrogen-bond acceptors (Lipinski definition) is 3. The highest BCUT2D eigenvalue weighted by atomic mass is 19.1. The minimum Gasteiger partial charge on any atom is -0.395 e. The molecule has 84 valence electrons. The molecule has 0 amide bonds. The van der Waals surface area contributed by atoms with Gasteiger partial charge in [-0.05, 0) is 25.1 Å². The number of nitrogens with zero attached hydrogens (tertiary/aromatic N) is 1. The number of aliphatic hydroxyl groups excluding tert-OH is 2. The van der Waals surface area contributed by atoms with Crippen LogP contribution in [0.3, 0.4) is 0 Å². The van der Waals surface area contributed by atoms with E-state index in [9.17, 15) is 9.50 Å². The Morgan fingerprint density at radius 1 is 1.47 bits per heavy atom. The number of anilines is 1. The average molecular weight is 213 g/mol. The maximum Gasteiger partial charge on any atom is 0.123 e. The van der Waals surface area contributed by atoms with Crippen LogP contribution in [0, 0.1) is 5.82 Å². The Morgan fingerprint density at radius 3 is 2.67 bits per heavy atom. The van der Waals surface area contributed by atoms with E-state index >= 15 is 0 Å². The first-order chi connectivity index (χ1) is 7.06. The second-order valence-corrected chi connectivity index (χ2v) is 3.52. The molecule has 0 spiro atoms. The van der Waals surface area contributed by atoms with Gasteiger partial charge in [-0.2, -0.15) is 0 Å². The molecule has 0 saturated carbocycles. The van der Waals surface area contributed by atoms with Crippen molar-refractivity contribution in [3.63, 3.8) is 0 Å². The van der Waals surface area contributed by atoms with Crippen molar-refractivity contribution in [3.8, 4) is 0 Å². The molecule has 4 heteroatoms. The summed E-state index contributed by atoms with van der Waals surface area (Å²) in [5.41, 5.74) is 1.27. The van der Waals surface area contributed by atoms with Gasteiger partial charge in [0.2, 0.25) is 0 Å². The molecule has 0 fully saturated rings. The molecule has 1 aromatic rings. The lowest BCUT2D eigenvalue weighted by Gasteiger charge is -2.22. The standard InChI is InChI=1S/C11H16FNO2/c1-8(15)10-7-9(12)3-4-11(10)13(2)5-6-14/h3-4,7-8,14-15H,5-6H2,1-2H3/t8-/m1/s1. The van der Waals surface area contributed by atoms with Crippen molar-refractivity contribution in [1.29, 1.82) is 0 Å². The fourth-order valence-corrected chi connectivity index (χ4v) is 1.48. The molecule has 3 nitrogen and oxygen atoms in total. The maximum atomic E-state index is 13.0. The SMILES string of the molecule is C[C@@H](O)c1cc(F)ccc1N(C)CCO. The Balaban J connectivity index is 3.05. The first-order valence-electron chi connectivity index (χ1n) is 4.85. The third-order valence-corrected chi connectivity index (χ3v) is 2.29. The number of rotatable bonds is 4. The third-order valence-electron chi connectivity index (χ3n) is 2.29. The van der Waals surface area contributed by atoms with Gasteiger partial charge in [-0.25, -0.2) is 4.39 Å². The van der Waals surface area contributed by atoms with E-state index in [2.05, 4.69) is 0 Å². The summed E-state index contributed by atoms with van der Waals surface area (Å²) in [6, 6.07) is 4.26. The van der Waals surface area contributed by atoms with Crippen LogP contribution in [0.25, 0.3) is 0 Å². The summed E-state index contributed by atoms with van der Waals surface area (Å²) in [4.78, 5) is 1.78. The minimum absolute atomic E-state index is 0.0210. The van der Waals surface area contributed by atoms with Crippen LogP contribution in [0.5, 0.6) is 0 Å². The van der Waals surface area contributed by atoms with Gasteiger partial charge in [0, 0.05) is 24.8 Å². The van der Waals surface area contributed by atoms with Gasteiger partial charge in [0.1, 0.15) is 5.82 Å². The van der Waals surface area contributed by atoms with E-state index in [1.807, 2.05) is 0 Å². The Bertz CT molecular complexity index is 328. The van der Waals surface area contributed by atoms with Crippen LogP contribution in [0.4, 0.5) is 10.1 Å². The highest BCUT2D eigenvalue weighted by Crippen LogP contribution is 2.26. The summed E-state index contributed by atoms with van der Waals surface area (Å²) in [5, 5.41) is 18.3. The van der Waals surface area contributed by atoms with Crippen LogP contribution in [-0.2, 0) is 0 Å². The van der Waals surface area contributed by atoms with Gasteiger partial charge in [0.25, 0.3) is 0 Å². The molecule has 2 N–H and O–H groups in total. The number of hydrogen-bond donors (Lipinski definition) is 2. The Hall–Kier alpha value is -1.13. The molecule has 0 bridgehead atoms. The van der Waals surface area contributed by atoms with Crippen molar-refractivity contribution >= 4 is 5.69 Å². The monoisotopic (exact) mass is 213 g/mol. The van der Waals surface area contributed by atoms with Gasteiger partial charge in [-0.15, -0.1) is 0 Å². The lowest BCUT2D eigenvalue weighted by atomic mass is 10.1. The molecule has 15 heavy (non-hydrogen) atoms. The molecule has 0 radical (unpaired) electrons. The number of halogens is 1. The van der Waals surface area contributed by atoms with E-state index in [4.69, 9.17) is 5.11 Å². The smallest absolute Gasteiger partial charge is 0.123 e. The van der Waals surface area contributed by atoms with Gasteiger partial charge in [0.15, 0.2) is 0 Å². The zero-order valence-electron chi connectivity index (χ0n) is 8.94. The lowest BCUT2D eigenvalue weighted by molar-refractivity contribution is 0.199. The molecule has 0 aliphatic carbocycles. The predicted molar refractivity (Wildman–Crippen MR) is 57.4 cm³/mol. The summed E-state index contributed by atoms with van der Waals surface area (Å²) in [7, 11) is 1.79. The van der Waals surface area contributed by atoms with E-state index in [0.29, 0.717) is 12.1 Å². The van der Waals surface area contributed by atoms with E-state index in [1.54, 1.807) is 24.9 Å². The van der Waals surface area contributed by atoms with Crippen molar-refractivity contribution in [3.05, 3.63) is 29.6 Å². The third kappa shape index (κ3) is 2.91. The molecular formula is C11H16FNO2. The molecule has 1 rings (SSSR count). The van der Waals surface area contributed by atoms with Gasteiger partial charge in [0.05, 0.1) is 12.7 Å². The molecule has 0 aliphatic heterocycles. The molecule has 1 atom stereocenters. The second-order valence-electron chi connectivity index (χ2n) is 3.52. The van der Waals surface area contributed by atoms with Crippen LogP contribution in [0.2, 0.25) is 0 Å². The number of benzene rings is 1. The van der Waals surface area contributed by atoms with Crippen LogP contribution in [-0.4, -0.2) is 30.4 Å². The zero-order valence-corrected chi connectivity index (χ0v) is 8.94. The second kappa shape index (κ2) is 5.09. The lowest BCUT2D eigenvalue weighted by Crippen LogP contribution is -2.22. The molecule has 1 aromatic carbocycles. The van der Waals surface area contributed by atoms with E-state index in [1.165, 1.54) is 12.1 Å². The van der Waals surface area contributed by atoms with Gasteiger partial charge < -0.3 is 15.1 Å². The summed E-state index contributed by atoms with van der Waals surface area (Å²) >= 11 is 0. The first-order valence-corrected chi connectivity index (χ1v) is 4.85. The number of aliphatic hydroxyl groups is 2. The van der Waals surface area contributed by atoms with Crippen LogP contribution < -0.4 is 4.90 Å². The molecule has 0 aromatic heterocycles. The summed E-state index contributed by atoms with van der Waals surface area (Å²) < 4.78 is 13.0. The van der Waals surface area contributed by atoms with E-state index < -0.39 is 6.10 Å². The topological polar surface area (TPSA) is 43.7 Å². The Kier molecular flexibility index (Phi) is 4.05. The van der Waals surface area contributed by atoms with Crippen molar-refractivity contribution in [2.45, 2.75) is 13.0 Å². The van der Waals surface area contributed by atoms with Crippen LogP contribution in [0.1, 0.15) is 18.6 Å². The highest BCUT2D eigenvalue weighted by Gasteiger charge is 2.12. The molecule has 0 unspecified atom stereocenters. The quantitative estimate of drug-likeness (QED) is 0.792. The Labute approximate surface area is 88.8 Å². The normalized spacial score (nSPS) is 12.6. The molecule has 0 saturated heterocycles. The highest BCUT2D eigenvalue weighted by molar-refractivity contribution is 5.54. The van der Waals surface area contributed by atoms with Crippen molar-refractivity contribution < 1.29 is 14.6 Å². The largest absolute Gasteiger partial charge is 0.395 e. The van der Waals surface area contributed by atoms with Crippen molar-refractivity contribution in [2.24, 2.45) is 0 Å². The summed E-state index contributed by atoms with van der Waals surface area (Å²) in [6.07, 6.45) is -0.725. The maximum absolute atomic E-state index is 13.0. The summed E-state index contributed by atoms with van der Waals surface area (Å²) in [5.74, 6) is -0.368. The van der Waals surface area contributed by atoms with Gasteiger partial charge in [-0.1, -0.05) is 0 Å². The van der Waals surface area contributed by atoms with Crippen molar-refractivity contribution in [2.75, 3.05) is 25.1 Å². The predicted octanol–water partition coefficient (Wildman–Crippen LogP) is 1.31. The molecule has 0 heterocycles. The minimum atomic E-state index is -0.725. The van der Waals surface area contributed by atoms with Crippen molar-refractivity contribution in [1.82, 2.24) is 0 Å². The Morgan fingerprint density at radius 2 is 2.13 bits per heavy atom. The summed E-state index contributed by atoms with van der Waals surface area (Å²) in [6.45, 7) is 2.06. The zero-order chi connectivity index (χ0) is 11.4. The average Bonchev–Trinajstić information content (AvgIpc) is 2.17. The molecule has 0 aliphatic rings. The molecular weight excluding hydrogens is 197 g/mol. The van der Waals surface area contributed by atoms with Gasteiger partial charge in [-0.3, -0.25) is 0 Å². The fraction of sp³-hybridized carbons (Fsp3) is 0.455. The van der Waals surface area contributed by atoms with E-state index in [-0.39, 0.29) is 12.4 Å². The van der Waals surface area contributed by atoms with Gasteiger partial charge >= 0.3 is 0 Å². The number of likely N-dealkylation sites (N-methyl/N-ethyl adjacent to an activating group) is 1. The first kappa shape index (κ1) is 11.9. The van der Waals surface area contributed by atoms with Crippen LogP contribution >= 0.6 is 0 Å². The van der Waals surface area contributed by atoms with E-state index in [0.717, 1.165) is 5.69 Å². The fourth-order valence-electron chi connectivity index (χ4n) is 1.48. The van der Waals surface area contributed by atoms with Crippen LogP contribution in [0.15, 0.2) is 18.2 Å².